The number of likely N-dealkylation sites (tertiary alicyclic amines) is 1. The Morgan fingerprint density at radius 1 is 1.33 bits per heavy atom. The van der Waals surface area contributed by atoms with Gasteiger partial charge in [0.1, 0.15) is 0 Å². The summed E-state index contributed by atoms with van der Waals surface area (Å²) >= 11 is 0. The van der Waals surface area contributed by atoms with Crippen LogP contribution in [0, 0.1) is 11.8 Å². The van der Waals surface area contributed by atoms with Crippen LogP contribution in [-0.4, -0.2) is 62.8 Å². The Bertz CT molecular complexity index is 565. The van der Waals surface area contributed by atoms with Crippen molar-refractivity contribution in [3.8, 4) is 0 Å². The fraction of sp³-hybridized carbons (Fsp3) is 0.765. The third kappa shape index (κ3) is 4.33. The van der Waals surface area contributed by atoms with E-state index in [4.69, 9.17) is 0 Å². The van der Waals surface area contributed by atoms with E-state index >= 15 is 0 Å². The van der Waals surface area contributed by atoms with Gasteiger partial charge in [-0.2, -0.15) is 0 Å². The topological polar surface area (TPSA) is 71.3 Å². The normalized spacial score (nSPS) is 18.0. The molecular weight excluding hydrogens is 306 g/mol. The first-order valence-corrected chi connectivity index (χ1v) is 8.94. The molecule has 1 aromatic rings. The summed E-state index contributed by atoms with van der Waals surface area (Å²) in [6.07, 6.45) is 3.81. The maximum absolute atomic E-state index is 12.3. The van der Waals surface area contributed by atoms with Crippen LogP contribution in [0.4, 0.5) is 0 Å². The summed E-state index contributed by atoms with van der Waals surface area (Å²) in [5.74, 6) is 0.537. The average Bonchev–Trinajstić information content (AvgIpc) is 3.03. The van der Waals surface area contributed by atoms with E-state index < -0.39 is 0 Å². The number of hydrogen-bond donors (Lipinski definition) is 0. The van der Waals surface area contributed by atoms with Crippen LogP contribution in [0.3, 0.4) is 0 Å². The van der Waals surface area contributed by atoms with Gasteiger partial charge in [0.25, 0.3) is 5.91 Å². The van der Waals surface area contributed by atoms with Crippen molar-refractivity contribution in [2.75, 3.05) is 26.2 Å². The summed E-state index contributed by atoms with van der Waals surface area (Å²) in [4.78, 5) is 28.1. The van der Waals surface area contributed by atoms with E-state index in [1.165, 1.54) is 0 Å². The molecule has 1 aliphatic heterocycles. The van der Waals surface area contributed by atoms with Crippen molar-refractivity contribution < 1.29 is 9.59 Å². The Morgan fingerprint density at radius 2 is 2.04 bits per heavy atom. The average molecular weight is 335 g/mol. The van der Waals surface area contributed by atoms with Gasteiger partial charge >= 0.3 is 0 Å². The molecule has 1 fully saturated rings. The molecule has 0 saturated carbocycles. The predicted molar refractivity (Wildman–Crippen MR) is 91.4 cm³/mol. The number of carbonyl (C=O) groups is 2. The van der Waals surface area contributed by atoms with E-state index in [1.807, 2.05) is 32.6 Å². The molecule has 2 amide bonds. The fourth-order valence-electron chi connectivity index (χ4n) is 3.20. The second-order valence-electron chi connectivity index (χ2n) is 6.75. The van der Waals surface area contributed by atoms with Crippen molar-refractivity contribution in [3.63, 3.8) is 0 Å². The molecule has 0 radical (unpaired) electrons. The minimum atomic E-state index is -0.0773. The first-order chi connectivity index (χ1) is 11.5. The third-order valence-electron chi connectivity index (χ3n) is 4.58. The number of aromatic nitrogens is 3. The molecule has 134 valence electrons. The summed E-state index contributed by atoms with van der Waals surface area (Å²) in [5.41, 5.74) is 0.393. The van der Waals surface area contributed by atoms with E-state index in [1.54, 1.807) is 15.8 Å². The molecule has 0 spiro atoms. The molecule has 0 aromatic carbocycles. The Hall–Kier alpha value is -1.92. The molecule has 1 saturated heterocycles. The third-order valence-corrected chi connectivity index (χ3v) is 4.58. The lowest BCUT2D eigenvalue weighted by atomic mass is 9.97. The monoisotopic (exact) mass is 335 g/mol. The molecule has 24 heavy (non-hydrogen) atoms. The lowest BCUT2D eigenvalue weighted by Gasteiger charge is -2.33. The van der Waals surface area contributed by atoms with Crippen LogP contribution in [0.2, 0.25) is 0 Å². The second kappa shape index (κ2) is 8.26. The number of piperidine rings is 1. The van der Waals surface area contributed by atoms with Crippen LogP contribution in [0.25, 0.3) is 0 Å². The van der Waals surface area contributed by atoms with E-state index in [-0.39, 0.29) is 17.7 Å². The van der Waals surface area contributed by atoms with Crippen molar-refractivity contribution in [1.29, 1.82) is 0 Å². The Balaban J connectivity index is 1.97. The second-order valence-corrected chi connectivity index (χ2v) is 6.75. The van der Waals surface area contributed by atoms with Crippen molar-refractivity contribution in [3.05, 3.63) is 11.9 Å². The van der Waals surface area contributed by atoms with Crippen molar-refractivity contribution >= 4 is 11.8 Å². The highest BCUT2D eigenvalue weighted by molar-refractivity contribution is 5.91. The van der Waals surface area contributed by atoms with Gasteiger partial charge in [0.2, 0.25) is 5.91 Å². The molecule has 7 heteroatoms. The van der Waals surface area contributed by atoms with Gasteiger partial charge in [-0.15, -0.1) is 5.10 Å². The van der Waals surface area contributed by atoms with E-state index in [0.29, 0.717) is 31.2 Å². The summed E-state index contributed by atoms with van der Waals surface area (Å²) in [6, 6.07) is 0. The first-order valence-electron chi connectivity index (χ1n) is 8.94. The van der Waals surface area contributed by atoms with Gasteiger partial charge in [0.15, 0.2) is 5.69 Å². The zero-order chi connectivity index (χ0) is 17.7. The SMILES string of the molecule is CCN(CC)C(=O)c1cn(CC2CCCN(C(=O)C(C)C)C2)nn1. The maximum Gasteiger partial charge on any atom is 0.276 e. The van der Waals surface area contributed by atoms with Crippen molar-refractivity contribution in [2.24, 2.45) is 11.8 Å². The first kappa shape index (κ1) is 18.4. The van der Waals surface area contributed by atoms with E-state index in [9.17, 15) is 9.59 Å². The molecule has 7 nitrogen and oxygen atoms in total. The number of nitrogens with zero attached hydrogens (tertiary/aromatic N) is 5. The van der Waals surface area contributed by atoms with Gasteiger partial charge in [-0.3, -0.25) is 14.3 Å². The standard InChI is InChI=1S/C17H29N5O2/c1-5-20(6-2)17(24)15-12-22(19-18-15)11-14-8-7-9-21(10-14)16(23)13(3)4/h12-14H,5-11H2,1-4H3. The van der Waals surface area contributed by atoms with Gasteiger partial charge in [-0.05, 0) is 32.6 Å². The van der Waals surface area contributed by atoms with E-state index in [0.717, 1.165) is 25.9 Å². The molecular formula is C17H29N5O2. The van der Waals surface area contributed by atoms with Crippen LogP contribution in [0.1, 0.15) is 51.0 Å². The highest BCUT2D eigenvalue weighted by Crippen LogP contribution is 2.20. The molecule has 0 bridgehead atoms. The quantitative estimate of drug-likeness (QED) is 0.792. The minimum absolute atomic E-state index is 0.0356. The number of amides is 2. The Morgan fingerprint density at radius 3 is 2.67 bits per heavy atom. The highest BCUT2D eigenvalue weighted by Gasteiger charge is 2.26. The largest absolute Gasteiger partial charge is 0.342 e. The lowest BCUT2D eigenvalue weighted by Crippen LogP contribution is -2.43. The van der Waals surface area contributed by atoms with Crippen LogP contribution in [0.15, 0.2) is 6.20 Å². The van der Waals surface area contributed by atoms with E-state index in [2.05, 4.69) is 10.3 Å². The Kier molecular flexibility index (Phi) is 6.34. The summed E-state index contributed by atoms with van der Waals surface area (Å²) in [7, 11) is 0. The van der Waals surface area contributed by atoms with Crippen LogP contribution >= 0.6 is 0 Å². The van der Waals surface area contributed by atoms with Crippen LogP contribution in [0.5, 0.6) is 0 Å². The molecule has 2 heterocycles. The fourth-order valence-corrected chi connectivity index (χ4v) is 3.20. The maximum atomic E-state index is 12.3. The van der Waals surface area contributed by atoms with Crippen molar-refractivity contribution in [2.45, 2.75) is 47.1 Å². The van der Waals surface area contributed by atoms with Crippen LogP contribution in [-0.2, 0) is 11.3 Å². The number of hydrogen-bond acceptors (Lipinski definition) is 4. The molecule has 1 aliphatic rings. The van der Waals surface area contributed by atoms with Gasteiger partial charge in [-0.1, -0.05) is 19.1 Å². The molecule has 2 rings (SSSR count). The zero-order valence-electron chi connectivity index (χ0n) is 15.2. The minimum Gasteiger partial charge on any atom is -0.342 e. The Labute approximate surface area is 144 Å². The lowest BCUT2D eigenvalue weighted by molar-refractivity contribution is -0.136. The number of rotatable bonds is 6. The number of carbonyl (C=O) groups excluding carboxylic acids is 2. The summed E-state index contributed by atoms with van der Waals surface area (Å²) in [5, 5.41) is 8.13. The molecule has 1 unspecified atom stereocenters. The summed E-state index contributed by atoms with van der Waals surface area (Å²) in [6.45, 7) is 11.4. The molecule has 0 N–H and O–H groups in total. The van der Waals surface area contributed by atoms with Gasteiger partial charge < -0.3 is 9.80 Å². The van der Waals surface area contributed by atoms with Gasteiger partial charge in [-0.25, -0.2) is 0 Å². The predicted octanol–water partition coefficient (Wildman–Crippen LogP) is 1.65. The highest BCUT2D eigenvalue weighted by atomic mass is 16.2. The zero-order valence-corrected chi connectivity index (χ0v) is 15.2. The smallest absolute Gasteiger partial charge is 0.276 e. The molecule has 0 aliphatic carbocycles. The van der Waals surface area contributed by atoms with Gasteiger partial charge in [0.05, 0.1) is 6.20 Å². The van der Waals surface area contributed by atoms with Crippen LogP contribution < -0.4 is 0 Å². The molecule has 1 aromatic heterocycles. The summed E-state index contributed by atoms with van der Waals surface area (Å²) < 4.78 is 1.74. The van der Waals surface area contributed by atoms with Gasteiger partial charge in [0, 0.05) is 38.6 Å². The van der Waals surface area contributed by atoms with Crippen molar-refractivity contribution in [1.82, 2.24) is 24.8 Å². The molecule has 1 atom stereocenters.